The van der Waals surface area contributed by atoms with Gasteiger partial charge in [-0.25, -0.2) is 17.8 Å². The summed E-state index contributed by atoms with van der Waals surface area (Å²) in [5, 5.41) is 7.71. The van der Waals surface area contributed by atoms with Gasteiger partial charge in [0.25, 0.3) is 5.91 Å². The number of sulfonamides is 1. The lowest BCUT2D eigenvalue weighted by Gasteiger charge is -2.34. The number of thiazole rings is 1. The third-order valence-corrected chi connectivity index (χ3v) is 8.57. The lowest BCUT2D eigenvalue weighted by atomic mass is 10.2. The SMILES string of the molecule is Cc1cc(NC(=O)c2ccc(S(=O)(=O)N3CC(C)OC(C)C3)cc2)n(-c2nc3ccc(F)cc3s2)n1. The number of benzene rings is 2. The van der Waals surface area contributed by atoms with Gasteiger partial charge in [0.15, 0.2) is 0 Å². The number of hydrogen-bond acceptors (Lipinski definition) is 7. The van der Waals surface area contributed by atoms with E-state index >= 15 is 0 Å². The second-order valence-electron chi connectivity index (χ2n) is 8.75. The van der Waals surface area contributed by atoms with Crippen molar-refractivity contribution in [1.82, 2.24) is 19.1 Å². The van der Waals surface area contributed by atoms with Gasteiger partial charge in [-0.15, -0.1) is 0 Å². The molecule has 1 aliphatic rings. The maximum atomic E-state index is 13.6. The van der Waals surface area contributed by atoms with Crippen LogP contribution in [0, 0.1) is 12.7 Å². The largest absolute Gasteiger partial charge is 0.373 e. The van der Waals surface area contributed by atoms with Gasteiger partial charge in [-0.3, -0.25) is 4.79 Å². The fourth-order valence-corrected chi connectivity index (χ4v) is 6.70. The molecule has 2 aromatic carbocycles. The Hall–Kier alpha value is -3.19. The van der Waals surface area contributed by atoms with Gasteiger partial charge in [-0.2, -0.15) is 14.1 Å². The zero-order valence-electron chi connectivity index (χ0n) is 19.8. The highest BCUT2D eigenvalue weighted by Crippen LogP contribution is 2.28. The zero-order valence-corrected chi connectivity index (χ0v) is 21.4. The number of aryl methyl sites for hydroxylation is 1. The molecule has 0 spiro atoms. The summed E-state index contributed by atoms with van der Waals surface area (Å²) in [6.07, 6.45) is -0.396. The molecule has 36 heavy (non-hydrogen) atoms. The van der Waals surface area contributed by atoms with Crippen LogP contribution >= 0.6 is 11.3 Å². The Balaban J connectivity index is 1.36. The molecule has 0 saturated carbocycles. The molecule has 1 amide bonds. The molecule has 1 N–H and O–H groups in total. The lowest BCUT2D eigenvalue weighted by molar-refractivity contribution is -0.0440. The number of nitrogens with one attached hydrogen (secondary N) is 1. The average Bonchev–Trinajstić information content (AvgIpc) is 3.40. The summed E-state index contributed by atoms with van der Waals surface area (Å²) in [6, 6.07) is 11.8. The monoisotopic (exact) mass is 529 g/mol. The minimum Gasteiger partial charge on any atom is -0.373 e. The number of amides is 1. The normalized spacial score (nSPS) is 19.0. The van der Waals surface area contributed by atoms with Crippen LogP contribution in [0.25, 0.3) is 15.3 Å². The first-order valence-corrected chi connectivity index (χ1v) is 13.6. The molecule has 4 aromatic rings. The van der Waals surface area contributed by atoms with Gasteiger partial charge >= 0.3 is 0 Å². The predicted molar refractivity (Wildman–Crippen MR) is 135 cm³/mol. The molecule has 9 nitrogen and oxygen atoms in total. The lowest BCUT2D eigenvalue weighted by Crippen LogP contribution is -2.48. The number of nitrogens with zero attached hydrogens (tertiary/aromatic N) is 4. The van der Waals surface area contributed by atoms with Crippen LogP contribution in [0.1, 0.15) is 29.9 Å². The van der Waals surface area contributed by atoms with Crippen molar-refractivity contribution >= 4 is 43.3 Å². The van der Waals surface area contributed by atoms with Crippen molar-refractivity contribution in [2.45, 2.75) is 37.9 Å². The fraction of sp³-hybridized carbons (Fsp3) is 0.292. The van der Waals surface area contributed by atoms with Crippen molar-refractivity contribution in [3.05, 3.63) is 65.6 Å². The number of rotatable bonds is 5. The number of ether oxygens (including phenoxy) is 1. The molecule has 1 aliphatic heterocycles. The maximum absolute atomic E-state index is 13.6. The van der Waals surface area contributed by atoms with Gasteiger partial charge in [0.05, 0.1) is 33.0 Å². The Morgan fingerprint density at radius 3 is 2.50 bits per heavy atom. The molecule has 1 saturated heterocycles. The molecule has 188 valence electrons. The molecule has 0 aliphatic carbocycles. The number of anilines is 1. The summed E-state index contributed by atoms with van der Waals surface area (Å²) in [5.41, 5.74) is 1.57. The Kier molecular flexibility index (Phi) is 6.37. The van der Waals surface area contributed by atoms with Crippen LogP contribution in [-0.2, 0) is 14.8 Å². The van der Waals surface area contributed by atoms with E-state index in [4.69, 9.17) is 4.74 Å². The summed E-state index contributed by atoms with van der Waals surface area (Å²) in [5.74, 6) is -0.392. The molecule has 1 fully saturated rings. The molecule has 5 rings (SSSR count). The van der Waals surface area contributed by atoms with Crippen LogP contribution in [0.15, 0.2) is 53.4 Å². The summed E-state index contributed by atoms with van der Waals surface area (Å²) in [6.45, 7) is 6.01. The molecular weight excluding hydrogens is 505 g/mol. The highest BCUT2D eigenvalue weighted by molar-refractivity contribution is 7.89. The van der Waals surface area contributed by atoms with E-state index in [-0.39, 0.29) is 41.6 Å². The Labute approximate surface area is 211 Å². The van der Waals surface area contributed by atoms with Gasteiger partial charge in [-0.1, -0.05) is 11.3 Å². The van der Waals surface area contributed by atoms with Crippen LogP contribution in [-0.4, -0.2) is 58.7 Å². The Morgan fingerprint density at radius 2 is 1.81 bits per heavy atom. The van der Waals surface area contributed by atoms with E-state index in [9.17, 15) is 17.6 Å². The van der Waals surface area contributed by atoms with Crippen LogP contribution in [0.2, 0.25) is 0 Å². The van der Waals surface area contributed by atoms with Gasteiger partial charge < -0.3 is 10.1 Å². The number of hydrogen-bond donors (Lipinski definition) is 1. The van der Waals surface area contributed by atoms with E-state index in [2.05, 4.69) is 15.4 Å². The quantitative estimate of drug-likeness (QED) is 0.419. The van der Waals surface area contributed by atoms with Crippen molar-refractivity contribution < 1.29 is 22.3 Å². The average molecular weight is 530 g/mol. The Bertz CT molecular complexity index is 1540. The highest BCUT2D eigenvalue weighted by atomic mass is 32.2. The molecule has 0 radical (unpaired) electrons. The molecule has 12 heteroatoms. The van der Waals surface area contributed by atoms with Crippen LogP contribution in [0.4, 0.5) is 10.2 Å². The molecular formula is C24H24FN5O4S2. The third kappa shape index (κ3) is 4.76. The van der Waals surface area contributed by atoms with E-state index in [1.54, 1.807) is 19.1 Å². The minimum atomic E-state index is -3.71. The topological polar surface area (TPSA) is 106 Å². The first-order chi connectivity index (χ1) is 17.1. The first kappa shape index (κ1) is 24.5. The van der Waals surface area contributed by atoms with Crippen molar-refractivity contribution in [3.63, 3.8) is 0 Å². The zero-order chi connectivity index (χ0) is 25.6. The summed E-state index contributed by atoms with van der Waals surface area (Å²) in [4.78, 5) is 17.6. The summed E-state index contributed by atoms with van der Waals surface area (Å²) >= 11 is 1.25. The summed E-state index contributed by atoms with van der Waals surface area (Å²) in [7, 11) is -3.71. The standard InChI is InChI=1S/C24H24FN5O4S2/c1-14-10-22(30(28-14)24-26-20-9-6-18(25)11-21(20)35-24)27-23(31)17-4-7-19(8-5-17)36(32,33)29-12-15(2)34-16(3)13-29/h4-11,15-16H,12-13H2,1-3H3,(H,27,31). The number of morpholine rings is 1. The molecule has 2 aromatic heterocycles. The third-order valence-electron chi connectivity index (χ3n) is 5.73. The van der Waals surface area contributed by atoms with Crippen molar-refractivity contribution in [2.75, 3.05) is 18.4 Å². The van der Waals surface area contributed by atoms with Crippen molar-refractivity contribution in [2.24, 2.45) is 0 Å². The summed E-state index contributed by atoms with van der Waals surface area (Å²) < 4.78 is 48.9. The van der Waals surface area contributed by atoms with Crippen LogP contribution in [0.3, 0.4) is 0 Å². The van der Waals surface area contributed by atoms with Gasteiger partial charge in [0, 0.05) is 24.7 Å². The maximum Gasteiger partial charge on any atom is 0.256 e. The molecule has 0 bridgehead atoms. The van der Waals surface area contributed by atoms with Crippen LogP contribution < -0.4 is 5.32 Å². The molecule has 2 unspecified atom stereocenters. The first-order valence-electron chi connectivity index (χ1n) is 11.3. The fourth-order valence-electron chi connectivity index (χ4n) is 4.15. The second kappa shape index (κ2) is 9.36. The van der Waals surface area contributed by atoms with E-state index in [1.165, 1.54) is 56.7 Å². The number of halogens is 1. The molecule has 3 heterocycles. The van der Waals surface area contributed by atoms with E-state index in [0.29, 0.717) is 26.9 Å². The predicted octanol–water partition coefficient (Wildman–Crippen LogP) is 3.98. The minimum absolute atomic E-state index is 0.114. The van der Waals surface area contributed by atoms with Crippen LogP contribution in [0.5, 0.6) is 0 Å². The number of fused-ring (bicyclic) bond motifs is 1. The Morgan fingerprint density at radius 1 is 1.11 bits per heavy atom. The van der Waals surface area contributed by atoms with Gasteiger partial charge in [0.1, 0.15) is 11.6 Å². The molecule has 2 atom stereocenters. The second-order valence-corrected chi connectivity index (χ2v) is 11.7. The van der Waals surface area contributed by atoms with Crippen molar-refractivity contribution in [3.8, 4) is 5.13 Å². The van der Waals surface area contributed by atoms with E-state index < -0.39 is 15.9 Å². The van der Waals surface area contributed by atoms with E-state index in [1.807, 2.05) is 13.8 Å². The van der Waals surface area contributed by atoms with Gasteiger partial charge in [0.2, 0.25) is 15.2 Å². The van der Waals surface area contributed by atoms with Crippen molar-refractivity contribution in [1.29, 1.82) is 0 Å². The number of aromatic nitrogens is 3. The van der Waals surface area contributed by atoms with E-state index in [0.717, 1.165) is 0 Å². The smallest absolute Gasteiger partial charge is 0.256 e. The number of carbonyl (C=O) groups is 1. The van der Waals surface area contributed by atoms with Gasteiger partial charge in [-0.05, 0) is 63.2 Å². The highest BCUT2D eigenvalue weighted by Gasteiger charge is 2.32. The number of carbonyl (C=O) groups excluding carboxylic acids is 1.